The van der Waals surface area contributed by atoms with E-state index < -0.39 is 11.2 Å². The van der Waals surface area contributed by atoms with Gasteiger partial charge < -0.3 is 25.1 Å². The fraction of sp³-hybridized carbons (Fsp3) is 0.118. The predicted octanol–water partition coefficient (Wildman–Crippen LogP) is 2.20. The van der Waals surface area contributed by atoms with Crippen molar-refractivity contribution in [3.05, 3.63) is 64.0 Å². The maximum Gasteiger partial charge on any atom is 0.196 e. The third-order valence-corrected chi connectivity index (χ3v) is 3.46. The van der Waals surface area contributed by atoms with Crippen LogP contribution in [0.2, 0.25) is 0 Å². The standard InChI is InChI=1S/C17H15NO5/c19-11-3-1-10(2-4-11)8-18-9-12-7-14(21)16-15(23-12)6-5-13(20)17(16)22/h1-7,18-20,22H,8-9H2. The van der Waals surface area contributed by atoms with Crippen molar-refractivity contribution < 1.29 is 19.7 Å². The molecule has 4 N–H and O–H groups in total. The van der Waals surface area contributed by atoms with Crippen molar-refractivity contribution in [2.24, 2.45) is 0 Å². The quantitative estimate of drug-likeness (QED) is 0.551. The number of hydrogen-bond donors (Lipinski definition) is 4. The van der Waals surface area contributed by atoms with E-state index in [0.29, 0.717) is 18.8 Å². The molecule has 23 heavy (non-hydrogen) atoms. The van der Waals surface area contributed by atoms with Crippen LogP contribution in [-0.2, 0) is 13.1 Å². The average Bonchev–Trinajstić information content (AvgIpc) is 2.53. The summed E-state index contributed by atoms with van der Waals surface area (Å²) in [7, 11) is 0. The lowest BCUT2D eigenvalue weighted by Crippen LogP contribution is -2.14. The minimum atomic E-state index is -0.472. The molecule has 0 saturated heterocycles. The van der Waals surface area contributed by atoms with Crippen LogP contribution in [0.5, 0.6) is 17.2 Å². The van der Waals surface area contributed by atoms with Gasteiger partial charge in [-0.2, -0.15) is 0 Å². The average molecular weight is 313 g/mol. The van der Waals surface area contributed by atoms with Crippen molar-refractivity contribution >= 4 is 11.0 Å². The highest BCUT2D eigenvalue weighted by atomic mass is 16.3. The molecule has 6 nitrogen and oxygen atoms in total. The highest BCUT2D eigenvalue weighted by molar-refractivity contribution is 5.85. The minimum Gasteiger partial charge on any atom is -0.508 e. The molecule has 1 aromatic heterocycles. The van der Waals surface area contributed by atoms with Gasteiger partial charge in [-0.15, -0.1) is 0 Å². The topological polar surface area (TPSA) is 103 Å². The third-order valence-electron chi connectivity index (χ3n) is 3.46. The second kappa shape index (κ2) is 6.02. The highest BCUT2D eigenvalue weighted by Gasteiger charge is 2.12. The van der Waals surface area contributed by atoms with Crippen LogP contribution in [0.1, 0.15) is 11.3 Å². The molecular formula is C17H15NO5. The van der Waals surface area contributed by atoms with Crippen LogP contribution in [0.25, 0.3) is 11.0 Å². The second-order valence-electron chi connectivity index (χ2n) is 5.15. The molecule has 0 aliphatic heterocycles. The first-order valence-electron chi connectivity index (χ1n) is 7.01. The molecule has 118 valence electrons. The first kappa shape index (κ1) is 14.9. The normalized spacial score (nSPS) is 11.0. The van der Waals surface area contributed by atoms with Crippen LogP contribution in [0.3, 0.4) is 0 Å². The lowest BCUT2D eigenvalue weighted by Gasteiger charge is -2.07. The molecule has 0 spiro atoms. The Balaban J connectivity index is 1.77. The zero-order valence-corrected chi connectivity index (χ0v) is 12.1. The molecule has 0 unspecified atom stereocenters. The van der Waals surface area contributed by atoms with Crippen LogP contribution < -0.4 is 10.7 Å². The number of phenolic OH excluding ortho intramolecular Hbond substituents is 3. The highest BCUT2D eigenvalue weighted by Crippen LogP contribution is 2.31. The van der Waals surface area contributed by atoms with Gasteiger partial charge >= 0.3 is 0 Å². The number of nitrogens with one attached hydrogen (secondary N) is 1. The largest absolute Gasteiger partial charge is 0.508 e. The van der Waals surface area contributed by atoms with Gasteiger partial charge in [0.15, 0.2) is 16.9 Å². The summed E-state index contributed by atoms with van der Waals surface area (Å²) >= 11 is 0. The van der Waals surface area contributed by atoms with Crippen LogP contribution in [0.4, 0.5) is 0 Å². The van der Waals surface area contributed by atoms with Gasteiger partial charge in [0.1, 0.15) is 22.5 Å². The molecule has 0 amide bonds. The Labute approximate surface area is 131 Å². The molecule has 3 rings (SSSR count). The summed E-state index contributed by atoms with van der Waals surface area (Å²) in [6.07, 6.45) is 0. The minimum absolute atomic E-state index is 0.0349. The van der Waals surface area contributed by atoms with E-state index >= 15 is 0 Å². The lowest BCUT2D eigenvalue weighted by atomic mass is 10.2. The van der Waals surface area contributed by atoms with E-state index in [2.05, 4.69) is 5.32 Å². The molecule has 0 atom stereocenters. The van der Waals surface area contributed by atoms with Crippen LogP contribution in [0.15, 0.2) is 51.7 Å². The predicted molar refractivity (Wildman–Crippen MR) is 84.5 cm³/mol. The molecule has 2 aromatic carbocycles. The van der Waals surface area contributed by atoms with E-state index in [9.17, 15) is 20.1 Å². The van der Waals surface area contributed by atoms with Crippen molar-refractivity contribution in [2.75, 3.05) is 0 Å². The Morgan fingerprint density at radius 2 is 1.70 bits per heavy atom. The Morgan fingerprint density at radius 1 is 0.957 bits per heavy atom. The molecule has 3 aromatic rings. The van der Waals surface area contributed by atoms with Gasteiger partial charge in [0.05, 0.1) is 6.54 Å². The van der Waals surface area contributed by atoms with Gasteiger partial charge in [-0.25, -0.2) is 0 Å². The smallest absolute Gasteiger partial charge is 0.196 e. The monoisotopic (exact) mass is 313 g/mol. The number of aromatic hydroxyl groups is 3. The fourth-order valence-electron chi connectivity index (χ4n) is 2.30. The Hall–Kier alpha value is -2.99. The summed E-state index contributed by atoms with van der Waals surface area (Å²) < 4.78 is 5.56. The van der Waals surface area contributed by atoms with Crippen molar-refractivity contribution in [3.63, 3.8) is 0 Å². The maximum absolute atomic E-state index is 12.1. The Bertz CT molecular complexity index is 899. The summed E-state index contributed by atoms with van der Waals surface area (Å²) in [4.78, 5) is 12.1. The van der Waals surface area contributed by atoms with Crippen LogP contribution in [-0.4, -0.2) is 15.3 Å². The van der Waals surface area contributed by atoms with Crippen molar-refractivity contribution in [1.82, 2.24) is 5.32 Å². The number of benzene rings is 2. The molecule has 1 heterocycles. The fourth-order valence-corrected chi connectivity index (χ4v) is 2.30. The van der Waals surface area contributed by atoms with Gasteiger partial charge in [0.2, 0.25) is 0 Å². The molecule has 0 aliphatic rings. The number of hydrogen-bond acceptors (Lipinski definition) is 6. The lowest BCUT2D eigenvalue weighted by molar-refractivity contribution is 0.406. The molecule has 0 aliphatic carbocycles. The molecule has 0 saturated carbocycles. The molecule has 0 bridgehead atoms. The zero-order chi connectivity index (χ0) is 16.4. The van der Waals surface area contributed by atoms with Crippen molar-refractivity contribution in [2.45, 2.75) is 13.1 Å². The van der Waals surface area contributed by atoms with E-state index in [4.69, 9.17) is 4.42 Å². The zero-order valence-electron chi connectivity index (χ0n) is 12.1. The summed E-state index contributed by atoms with van der Waals surface area (Å²) in [5.74, 6) is -0.202. The molecule has 0 fully saturated rings. The van der Waals surface area contributed by atoms with Gasteiger partial charge in [-0.1, -0.05) is 12.1 Å². The first-order chi connectivity index (χ1) is 11.0. The maximum atomic E-state index is 12.1. The van der Waals surface area contributed by atoms with Crippen LogP contribution in [0, 0.1) is 0 Å². The summed E-state index contributed by atoms with van der Waals surface area (Å²) in [5, 5.41) is 31.5. The number of rotatable bonds is 4. The molecule has 0 radical (unpaired) electrons. The Kier molecular flexibility index (Phi) is 3.91. The SMILES string of the molecule is O=c1cc(CNCc2ccc(O)cc2)oc2ccc(O)c(O)c12. The number of phenols is 3. The summed E-state index contributed by atoms with van der Waals surface area (Å²) in [5.41, 5.74) is 0.781. The van der Waals surface area contributed by atoms with Crippen molar-refractivity contribution in [3.8, 4) is 17.2 Å². The third kappa shape index (κ3) is 3.12. The van der Waals surface area contributed by atoms with E-state index in [-0.39, 0.29) is 22.5 Å². The van der Waals surface area contributed by atoms with Crippen LogP contribution >= 0.6 is 0 Å². The van der Waals surface area contributed by atoms with E-state index in [0.717, 1.165) is 5.56 Å². The second-order valence-corrected chi connectivity index (χ2v) is 5.15. The van der Waals surface area contributed by atoms with Gasteiger partial charge in [0, 0.05) is 12.6 Å². The van der Waals surface area contributed by atoms with Gasteiger partial charge in [0.25, 0.3) is 0 Å². The van der Waals surface area contributed by atoms with Gasteiger partial charge in [-0.05, 0) is 29.8 Å². The van der Waals surface area contributed by atoms with E-state index in [1.165, 1.54) is 18.2 Å². The van der Waals surface area contributed by atoms with Crippen molar-refractivity contribution in [1.29, 1.82) is 0 Å². The first-order valence-corrected chi connectivity index (χ1v) is 7.01. The molecule has 6 heteroatoms. The molecular weight excluding hydrogens is 298 g/mol. The van der Waals surface area contributed by atoms with Gasteiger partial charge in [-0.3, -0.25) is 4.79 Å². The summed E-state index contributed by atoms with van der Waals surface area (Å²) in [6, 6.07) is 10.8. The summed E-state index contributed by atoms with van der Waals surface area (Å²) in [6.45, 7) is 0.872. The van der Waals surface area contributed by atoms with E-state index in [1.807, 2.05) is 0 Å². The van der Waals surface area contributed by atoms with E-state index in [1.54, 1.807) is 24.3 Å². The Morgan fingerprint density at radius 3 is 2.43 bits per heavy atom. The number of fused-ring (bicyclic) bond motifs is 1.